The lowest BCUT2D eigenvalue weighted by atomic mass is 9.68. The smallest absolute Gasteiger partial charge is 0.193 e. The molecule has 0 bridgehead atoms. The van der Waals surface area contributed by atoms with Gasteiger partial charge in [-0.05, 0) is 34.7 Å². The lowest BCUT2D eigenvalue weighted by Gasteiger charge is -2.35. The molecule has 2 aliphatic rings. The van der Waals surface area contributed by atoms with Crippen molar-refractivity contribution in [3.05, 3.63) is 83.4 Å². The first kappa shape index (κ1) is 14.5. The molecule has 3 aromatic rings. The van der Waals surface area contributed by atoms with E-state index in [0.717, 1.165) is 24.0 Å². The van der Waals surface area contributed by atoms with E-state index < -0.39 is 5.54 Å². The molecular weight excluding hydrogens is 308 g/mol. The van der Waals surface area contributed by atoms with Gasteiger partial charge in [-0.3, -0.25) is 4.79 Å². The molecule has 5 rings (SSSR count). The topological polar surface area (TPSA) is 41.8 Å². The fraction of sp³-hybridized carbons (Fsp3) is 0.227. The van der Waals surface area contributed by atoms with Crippen LogP contribution in [-0.2, 0) is 6.42 Å². The number of hydrogen-bond donors (Lipinski definition) is 0. The fourth-order valence-corrected chi connectivity index (χ4v) is 4.44. The van der Waals surface area contributed by atoms with Gasteiger partial charge in [0.25, 0.3) is 0 Å². The Hall–Kier alpha value is -2.81. The molecule has 0 radical (unpaired) electrons. The van der Waals surface area contributed by atoms with Crippen molar-refractivity contribution < 1.29 is 4.79 Å². The molecule has 3 nitrogen and oxygen atoms in total. The van der Waals surface area contributed by atoms with E-state index in [1.165, 1.54) is 16.3 Å². The number of fused-ring (bicyclic) bond motifs is 2. The Kier molecular flexibility index (Phi) is 3.11. The van der Waals surface area contributed by atoms with Crippen molar-refractivity contribution in [2.24, 2.45) is 10.2 Å². The van der Waals surface area contributed by atoms with Crippen LogP contribution in [0.4, 0.5) is 0 Å². The SMILES string of the molecule is O=C1c2ccccc2CC[C@]12N=NC[C@H]2c1cccc2ccccc12. The maximum atomic E-state index is 13.4. The molecule has 0 unspecified atom stereocenters. The van der Waals surface area contributed by atoms with Gasteiger partial charge in [0.15, 0.2) is 11.3 Å². The van der Waals surface area contributed by atoms with Gasteiger partial charge in [0.05, 0.1) is 6.54 Å². The third-order valence-corrected chi connectivity index (χ3v) is 5.72. The summed E-state index contributed by atoms with van der Waals surface area (Å²) in [6.07, 6.45) is 1.61. The quantitative estimate of drug-likeness (QED) is 0.623. The predicted octanol–water partition coefficient (Wildman–Crippen LogP) is 4.96. The molecule has 1 aliphatic heterocycles. The van der Waals surface area contributed by atoms with E-state index in [-0.39, 0.29) is 11.7 Å². The highest BCUT2D eigenvalue weighted by molar-refractivity contribution is 6.07. The van der Waals surface area contributed by atoms with E-state index in [9.17, 15) is 4.79 Å². The van der Waals surface area contributed by atoms with Gasteiger partial charge in [-0.2, -0.15) is 10.2 Å². The van der Waals surface area contributed by atoms with Crippen LogP contribution in [0.3, 0.4) is 0 Å². The molecule has 1 heterocycles. The van der Waals surface area contributed by atoms with Gasteiger partial charge < -0.3 is 0 Å². The van der Waals surface area contributed by atoms with E-state index in [1.54, 1.807) is 0 Å². The molecule has 0 aromatic heterocycles. The molecule has 3 aromatic carbocycles. The van der Waals surface area contributed by atoms with E-state index in [1.807, 2.05) is 24.3 Å². The summed E-state index contributed by atoms with van der Waals surface area (Å²) in [7, 11) is 0. The van der Waals surface area contributed by atoms with Crippen LogP contribution >= 0.6 is 0 Å². The number of azo groups is 1. The molecule has 0 saturated heterocycles. The lowest BCUT2D eigenvalue weighted by molar-refractivity contribution is 0.0854. The number of nitrogens with zero attached hydrogens (tertiary/aromatic N) is 2. The Morgan fingerprint density at radius 3 is 2.68 bits per heavy atom. The second-order valence-corrected chi connectivity index (χ2v) is 6.96. The minimum atomic E-state index is -0.738. The van der Waals surface area contributed by atoms with Gasteiger partial charge in [-0.15, -0.1) is 0 Å². The van der Waals surface area contributed by atoms with Gasteiger partial charge in [-0.1, -0.05) is 66.7 Å². The van der Waals surface area contributed by atoms with Crippen molar-refractivity contribution in [1.82, 2.24) is 0 Å². The number of ketones is 1. The van der Waals surface area contributed by atoms with Crippen LogP contribution < -0.4 is 0 Å². The highest BCUT2D eigenvalue weighted by Gasteiger charge is 2.52. The number of aryl methyl sites for hydroxylation is 1. The van der Waals surface area contributed by atoms with Crippen molar-refractivity contribution in [3.8, 4) is 0 Å². The van der Waals surface area contributed by atoms with Crippen LogP contribution in [0.25, 0.3) is 10.8 Å². The Bertz CT molecular complexity index is 1020. The fourth-order valence-electron chi connectivity index (χ4n) is 4.44. The zero-order chi connectivity index (χ0) is 16.9. The molecular formula is C22H18N2O. The zero-order valence-corrected chi connectivity index (χ0v) is 13.9. The van der Waals surface area contributed by atoms with E-state index in [2.05, 4.69) is 52.7 Å². The van der Waals surface area contributed by atoms with Crippen LogP contribution in [0.2, 0.25) is 0 Å². The van der Waals surface area contributed by atoms with E-state index in [4.69, 9.17) is 0 Å². The summed E-state index contributed by atoms with van der Waals surface area (Å²) in [6.45, 7) is 0.585. The normalized spacial score (nSPS) is 24.8. The molecule has 122 valence electrons. The first-order chi connectivity index (χ1) is 12.3. The molecule has 0 fully saturated rings. The first-order valence-corrected chi connectivity index (χ1v) is 8.79. The van der Waals surface area contributed by atoms with Gasteiger partial charge in [0.1, 0.15) is 0 Å². The van der Waals surface area contributed by atoms with Crippen molar-refractivity contribution in [3.63, 3.8) is 0 Å². The minimum Gasteiger partial charge on any atom is -0.291 e. The van der Waals surface area contributed by atoms with E-state index >= 15 is 0 Å². The van der Waals surface area contributed by atoms with Crippen LogP contribution in [0.1, 0.15) is 33.8 Å². The average Bonchev–Trinajstić information content (AvgIpc) is 3.09. The van der Waals surface area contributed by atoms with Gasteiger partial charge in [0.2, 0.25) is 0 Å². The standard InChI is InChI=1S/C22H18N2O/c25-21-18-10-4-2-7-16(18)12-13-22(21)20(14-23-24-22)19-11-5-8-15-6-1-3-9-17(15)19/h1-11,20H,12-14H2/t20-,22+/m0/s1. The lowest BCUT2D eigenvalue weighted by Crippen LogP contribution is -2.44. The summed E-state index contributed by atoms with van der Waals surface area (Å²) < 4.78 is 0. The Morgan fingerprint density at radius 2 is 1.72 bits per heavy atom. The monoisotopic (exact) mass is 326 g/mol. The summed E-state index contributed by atoms with van der Waals surface area (Å²) in [5.41, 5.74) is 2.41. The van der Waals surface area contributed by atoms with Crippen LogP contribution in [0, 0.1) is 0 Å². The van der Waals surface area contributed by atoms with Crippen LogP contribution in [0.5, 0.6) is 0 Å². The second-order valence-electron chi connectivity index (χ2n) is 6.96. The third kappa shape index (κ3) is 2.02. The van der Waals surface area contributed by atoms with Gasteiger partial charge in [-0.25, -0.2) is 0 Å². The molecule has 3 heteroatoms. The molecule has 0 saturated carbocycles. The summed E-state index contributed by atoms with van der Waals surface area (Å²) in [6, 6.07) is 22.6. The summed E-state index contributed by atoms with van der Waals surface area (Å²) in [5.74, 6) is 0.146. The summed E-state index contributed by atoms with van der Waals surface area (Å²) >= 11 is 0. The van der Waals surface area contributed by atoms with Crippen molar-refractivity contribution in [2.75, 3.05) is 6.54 Å². The van der Waals surface area contributed by atoms with Crippen molar-refractivity contribution >= 4 is 16.6 Å². The minimum absolute atomic E-state index is 0.0134. The molecule has 1 spiro atoms. The number of rotatable bonds is 1. The number of benzene rings is 3. The Morgan fingerprint density at radius 1 is 0.920 bits per heavy atom. The average molecular weight is 326 g/mol. The van der Waals surface area contributed by atoms with Crippen molar-refractivity contribution in [1.29, 1.82) is 0 Å². The highest BCUT2D eigenvalue weighted by atomic mass is 16.1. The predicted molar refractivity (Wildman–Crippen MR) is 98.2 cm³/mol. The summed E-state index contributed by atoms with van der Waals surface area (Å²) in [5, 5.41) is 11.3. The third-order valence-electron chi connectivity index (χ3n) is 5.72. The van der Waals surface area contributed by atoms with Gasteiger partial charge in [0, 0.05) is 11.5 Å². The van der Waals surface area contributed by atoms with Crippen LogP contribution in [0.15, 0.2) is 77.0 Å². The highest BCUT2D eigenvalue weighted by Crippen LogP contribution is 2.47. The number of carbonyl (C=O) groups is 1. The second kappa shape index (κ2) is 5.35. The molecule has 0 amide bonds. The van der Waals surface area contributed by atoms with Crippen LogP contribution in [-0.4, -0.2) is 17.9 Å². The van der Waals surface area contributed by atoms with Gasteiger partial charge >= 0.3 is 0 Å². The number of carbonyl (C=O) groups excluding carboxylic acids is 1. The Labute approximate surface area is 146 Å². The number of Topliss-reactive ketones (excluding diaryl/α,β-unsaturated/α-hetero) is 1. The van der Waals surface area contributed by atoms with Crippen molar-refractivity contribution in [2.45, 2.75) is 24.3 Å². The molecule has 2 atom stereocenters. The molecule has 1 aliphatic carbocycles. The molecule has 25 heavy (non-hydrogen) atoms. The summed E-state index contributed by atoms with van der Waals surface area (Å²) in [4.78, 5) is 13.4. The largest absolute Gasteiger partial charge is 0.291 e. The number of hydrogen-bond acceptors (Lipinski definition) is 3. The Balaban J connectivity index is 1.67. The maximum Gasteiger partial charge on any atom is 0.193 e. The zero-order valence-electron chi connectivity index (χ0n) is 13.9. The maximum absolute atomic E-state index is 13.4. The molecule has 0 N–H and O–H groups in total. The van der Waals surface area contributed by atoms with E-state index in [0.29, 0.717) is 6.54 Å². The first-order valence-electron chi connectivity index (χ1n) is 8.79.